The lowest BCUT2D eigenvalue weighted by Crippen LogP contribution is -2.51. The molecule has 2 heterocycles. The van der Waals surface area contributed by atoms with Crippen molar-refractivity contribution >= 4 is 12.4 Å². The molecule has 1 atom stereocenters. The van der Waals surface area contributed by atoms with E-state index in [1.165, 1.54) is 77.9 Å². The van der Waals surface area contributed by atoms with Crippen LogP contribution in [0.15, 0.2) is 0 Å². The van der Waals surface area contributed by atoms with Crippen molar-refractivity contribution < 1.29 is 0 Å². The molecular weight excluding hydrogens is 246 g/mol. The van der Waals surface area contributed by atoms with E-state index in [0.717, 1.165) is 12.0 Å². The van der Waals surface area contributed by atoms with Gasteiger partial charge in [0.05, 0.1) is 0 Å². The molecule has 2 aliphatic heterocycles. The molecule has 0 spiro atoms. The topological polar surface area (TPSA) is 18.5 Å². The van der Waals surface area contributed by atoms with Gasteiger partial charge in [0.25, 0.3) is 0 Å². The smallest absolute Gasteiger partial charge is 0.0233 e. The first-order valence-corrected chi connectivity index (χ1v) is 7.59. The molecular formula is C14H28ClN3. The zero-order valence-electron chi connectivity index (χ0n) is 11.4. The largest absolute Gasteiger partial charge is 0.315 e. The lowest BCUT2D eigenvalue weighted by Gasteiger charge is -2.38. The molecule has 3 aliphatic rings. The molecule has 3 fully saturated rings. The molecule has 0 bridgehead atoms. The van der Waals surface area contributed by atoms with Crippen molar-refractivity contribution in [2.24, 2.45) is 5.92 Å². The van der Waals surface area contributed by atoms with E-state index in [1.54, 1.807) is 0 Å². The molecule has 0 radical (unpaired) electrons. The van der Waals surface area contributed by atoms with Gasteiger partial charge in [-0.05, 0) is 31.7 Å². The van der Waals surface area contributed by atoms with Gasteiger partial charge in [0.2, 0.25) is 0 Å². The lowest BCUT2D eigenvalue weighted by molar-refractivity contribution is 0.0921. The highest BCUT2D eigenvalue weighted by molar-refractivity contribution is 5.85. The second kappa shape index (κ2) is 7.09. The molecule has 1 saturated carbocycles. The third-order valence-corrected chi connectivity index (χ3v) is 4.95. The summed E-state index contributed by atoms with van der Waals surface area (Å²) in [6.45, 7) is 9.07. The zero-order valence-corrected chi connectivity index (χ0v) is 12.3. The molecule has 3 nitrogen and oxygen atoms in total. The van der Waals surface area contributed by atoms with Crippen molar-refractivity contribution in [1.82, 2.24) is 15.1 Å². The van der Waals surface area contributed by atoms with Crippen LogP contribution < -0.4 is 5.32 Å². The highest BCUT2D eigenvalue weighted by Crippen LogP contribution is 2.26. The first-order chi connectivity index (χ1) is 8.42. The fourth-order valence-electron chi connectivity index (χ4n) is 3.82. The minimum atomic E-state index is 0. The predicted molar refractivity (Wildman–Crippen MR) is 78.5 cm³/mol. The fraction of sp³-hybridized carbons (Fsp3) is 1.00. The Balaban J connectivity index is 0.00000120. The van der Waals surface area contributed by atoms with E-state index < -0.39 is 0 Å². The normalized spacial score (nSPS) is 31.7. The summed E-state index contributed by atoms with van der Waals surface area (Å²) in [5.74, 6) is 1.02. The van der Waals surface area contributed by atoms with Gasteiger partial charge in [0, 0.05) is 45.3 Å². The summed E-state index contributed by atoms with van der Waals surface area (Å²) in [4.78, 5) is 5.43. The van der Waals surface area contributed by atoms with Crippen LogP contribution in [0.3, 0.4) is 0 Å². The molecule has 106 valence electrons. The van der Waals surface area contributed by atoms with E-state index in [2.05, 4.69) is 15.1 Å². The first-order valence-electron chi connectivity index (χ1n) is 7.59. The fourth-order valence-corrected chi connectivity index (χ4v) is 3.82. The van der Waals surface area contributed by atoms with E-state index in [0.29, 0.717) is 0 Å². The molecule has 0 aromatic carbocycles. The highest BCUT2D eigenvalue weighted by Gasteiger charge is 2.27. The van der Waals surface area contributed by atoms with E-state index in [4.69, 9.17) is 0 Å². The maximum Gasteiger partial charge on any atom is 0.0233 e. The SMILES string of the molecule is C1CCC(CN2CCN(C3CCNC3)CC2)C1.Cl. The standard InChI is InChI=1S/C14H27N3.ClH/c1-2-4-13(3-1)12-16-7-9-17(10-8-16)14-5-6-15-11-14;/h13-15H,1-12H2;1H. The van der Waals surface area contributed by atoms with Gasteiger partial charge in [-0.25, -0.2) is 0 Å². The van der Waals surface area contributed by atoms with Crippen LogP contribution in [0.5, 0.6) is 0 Å². The lowest BCUT2D eigenvalue weighted by atomic mass is 10.1. The van der Waals surface area contributed by atoms with Gasteiger partial charge in [0.15, 0.2) is 0 Å². The van der Waals surface area contributed by atoms with Gasteiger partial charge in [-0.1, -0.05) is 12.8 Å². The summed E-state index contributed by atoms with van der Waals surface area (Å²) in [5, 5.41) is 3.48. The van der Waals surface area contributed by atoms with Crippen molar-refractivity contribution in [2.45, 2.75) is 38.1 Å². The average molecular weight is 274 g/mol. The Morgan fingerprint density at radius 3 is 2.28 bits per heavy atom. The van der Waals surface area contributed by atoms with Crippen molar-refractivity contribution in [2.75, 3.05) is 45.8 Å². The number of nitrogens with zero attached hydrogens (tertiary/aromatic N) is 2. The van der Waals surface area contributed by atoms with Crippen LogP contribution in [0.25, 0.3) is 0 Å². The van der Waals surface area contributed by atoms with E-state index in [1.807, 2.05) is 0 Å². The number of piperazine rings is 1. The number of hydrogen-bond acceptors (Lipinski definition) is 3. The minimum absolute atomic E-state index is 0. The van der Waals surface area contributed by atoms with E-state index >= 15 is 0 Å². The molecule has 0 aromatic rings. The second-order valence-electron chi connectivity index (χ2n) is 6.13. The quantitative estimate of drug-likeness (QED) is 0.842. The van der Waals surface area contributed by atoms with Gasteiger partial charge in [-0.3, -0.25) is 4.90 Å². The Morgan fingerprint density at radius 1 is 0.944 bits per heavy atom. The molecule has 18 heavy (non-hydrogen) atoms. The summed E-state index contributed by atoms with van der Waals surface area (Å²) >= 11 is 0. The number of rotatable bonds is 3. The first kappa shape index (κ1) is 14.6. The average Bonchev–Trinajstić information content (AvgIpc) is 3.01. The third-order valence-electron chi connectivity index (χ3n) is 4.95. The number of nitrogens with one attached hydrogen (secondary N) is 1. The van der Waals surface area contributed by atoms with Crippen LogP contribution in [0.1, 0.15) is 32.1 Å². The molecule has 0 aromatic heterocycles. The monoisotopic (exact) mass is 273 g/mol. The van der Waals surface area contributed by atoms with Crippen LogP contribution in [0, 0.1) is 5.92 Å². The molecule has 2 saturated heterocycles. The Morgan fingerprint density at radius 2 is 1.67 bits per heavy atom. The maximum atomic E-state index is 3.48. The van der Waals surface area contributed by atoms with Crippen molar-refractivity contribution in [3.63, 3.8) is 0 Å². The number of halogens is 1. The van der Waals surface area contributed by atoms with Crippen LogP contribution in [-0.2, 0) is 0 Å². The van der Waals surface area contributed by atoms with E-state index in [9.17, 15) is 0 Å². The second-order valence-corrected chi connectivity index (χ2v) is 6.13. The van der Waals surface area contributed by atoms with Crippen LogP contribution >= 0.6 is 12.4 Å². The summed E-state index contributed by atoms with van der Waals surface area (Å²) < 4.78 is 0. The third kappa shape index (κ3) is 3.60. The molecule has 3 rings (SSSR count). The summed E-state index contributed by atoms with van der Waals surface area (Å²) in [7, 11) is 0. The van der Waals surface area contributed by atoms with Crippen molar-refractivity contribution in [3.8, 4) is 0 Å². The van der Waals surface area contributed by atoms with Gasteiger partial charge in [-0.15, -0.1) is 12.4 Å². The predicted octanol–water partition coefficient (Wildman–Crippen LogP) is 1.58. The van der Waals surface area contributed by atoms with Gasteiger partial charge in [-0.2, -0.15) is 0 Å². The number of hydrogen-bond donors (Lipinski definition) is 1. The maximum absolute atomic E-state index is 3.48. The van der Waals surface area contributed by atoms with Crippen LogP contribution in [-0.4, -0.2) is 61.7 Å². The molecule has 1 aliphatic carbocycles. The molecule has 4 heteroatoms. The van der Waals surface area contributed by atoms with Crippen molar-refractivity contribution in [1.29, 1.82) is 0 Å². The van der Waals surface area contributed by atoms with Crippen LogP contribution in [0.2, 0.25) is 0 Å². The van der Waals surface area contributed by atoms with Crippen molar-refractivity contribution in [3.05, 3.63) is 0 Å². The molecule has 1 unspecified atom stereocenters. The zero-order chi connectivity index (χ0) is 11.5. The minimum Gasteiger partial charge on any atom is -0.315 e. The molecule has 1 N–H and O–H groups in total. The van der Waals surface area contributed by atoms with E-state index in [-0.39, 0.29) is 12.4 Å². The Bertz CT molecular complexity index is 229. The summed E-state index contributed by atoms with van der Waals surface area (Å²) in [6, 6.07) is 0.837. The Hall–Kier alpha value is 0.170. The highest BCUT2D eigenvalue weighted by atomic mass is 35.5. The summed E-state index contributed by atoms with van der Waals surface area (Å²) in [5.41, 5.74) is 0. The van der Waals surface area contributed by atoms with Gasteiger partial charge in [0.1, 0.15) is 0 Å². The summed E-state index contributed by atoms with van der Waals surface area (Å²) in [6.07, 6.45) is 7.32. The van der Waals surface area contributed by atoms with Gasteiger partial charge < -0.3 is 10.2 Å². The Labute approximate surface area is 118 Å². The van der Waals surface area contributed by atoms with Crippen LogP contribution in [0.4, 0.5) is 0 Å². The van der Waals surface area contributed by atoms with Gasteiger partial charge >= 0.3 is 0 Å². The molecule has 0 amide bonds. The Kier molecular flexibility index (Phi) is 5.74.